The molecule has 0 saturated carbocycles. The quantitative estimate of drug-likeness (QED) is 0.496. The lowest BCUT2D eigenvalue weighted by Gasteiger charge is -2.24. The van der Waals surface area contributed by atoms with E-state index in [1.54, 1.807) is 0 Å². The summed E-state index contributed by atoms with van der Waals surface area (Å²) in [5.74, 6) is 0.156. The van der Waals surface area contributed by atoms with Gasteiger partial charge in [-0.3, -0.25) is 4.79 Å². The van der Waals surface area contributed by atoms with Gasteiger partial charge < -0.3 is 16.2 Å². The van der Waals surface area contributed by atoms with E-state index in [2.05, 4.69) is 64.2 Å². The van der Waals surface area contributed by atoms with Crippen molar-refractivity contribution in [2.45, 2.75) is 91.2 Å². The Morgan fingerprint density at radius 1 is 1.14 bits per heavy atom. The summed E-state index contributed by atoms with van der Waals surface area (Å²) in [6.45, 7) is 13.5. The van der Waals surface area contributed by atoms with Crippen molar-refractivity contribution in [2.24, 2.45) is 17.6 Å². The summed E-state index contributed by atoms with van der Waals surface area (Å²) in [5, 5.41) is 13.4. The highest BCUT2D eigenvalue weighted by atomic mass is 16.3. The zero-order valence-corrected chi connectivity index (χ0v) is 18.8. The minimum Gasteiger partial charge on any atom is -0.391 e. The number of nitrogens with one attached hydrogen (secondary N) is 1. The monoisotopic (exact) mass is 390 g/mol. The number of aliphatic hydroxyl groups excluding tert-OH is 1. The number of hydrogen-bond donors (Lipinski definition) is 3. The zero-order valence-electron chi connectivity index (χ0n) is 18.8. The molecule has 1 aromatic carbocycles. The van der Waals surface area contributed by atoms with E-state index in [0.717, 1.165) is 25.7 Å². The Bertz CT molecular complexity index is 577. The highest BCUT2D eigenvalue weighted by Gasteiger charge is 2.23. The van der Waals surface area contributed by atoms with Gasteiger partial charge in [0.2, 0.25) is 5.91 Å². The van der Waals surface area contributed by atoms with Crippen LogP contribution in [0.2, 0.25) is 0 Å². The molecule has 28 heavy (non-hydrogen) atoms. The van der Waals surface area contributed by atoms with Crippen LogP contribution >= 0.6 is 0 Å². The molecule has 0 fully saturated rings. The molecule has 0 bridgehead atoms. The fraction of sp³-hybridized carbons (Fsp3) is 0.708. The van der Waals surface area contributed by atoms with Gasteiger partial charge in [0.15, 0.2) is 0 Å². The van der Waals surface area contributed by atoms with Gasteiger partial charge in [-0.25, -0.2) is 0 Å². The van der Waals surface area contributed by atoms with Crippen LogP contribution in [0.15, 0.2) is 24.3 Å². The van der Waals surface area contributed by atoms with Crippen LogP contribution in [0.5, 0.6) is 0 Å². The van der Waals surface area contributed by atoms with Crippen LogP contribution in [-0.2, 0) is 16.6 Å². The third-order valence-corrected chi connectivity index (χ3v) is 5.45. The Morgan fingerprint density at radius 2 is 1.75 bits per heavy atom. The normalized spacial score (nSPS) is 16.3. The van der Waals surface area contributed by atoms with E-state index in [4.69, 9.17) is 5.73 Å². The van der Waals surface area contributed by atoms with Gasteiger partial charge in [-0.05, 0) is 48.1 Å². The first-order chi connectivity index (χ1) is 13.0. The first-order valence-electron chi connectivity index (χ1n) is 10.8. The molecule has 1 unspecified atom stereocenters. The van der Waals surface area contributed by atoms with Crippen molar-refractivity contribution in [1.82, 2.24) is 5.32 Å². The summed E-state index contributed by atoms with van der Waals surface area (Å²) >= 11 is 0. The van der Waals surface area contributed by atoms with E-state index >= 15 is 0 Å². The molecule has 160 valence electrons. The van der Waals surface area contributed by atoms with E-state index in [0.29, 0.717) is 18.9 Å². The first-order valence-corrected chi connectivity index (χ1v) is 10.8. The van der Waals surface area contributed by atoms with Gasteiger partial charge in [-0.1, -0.05) is 72.2 Å². The topological polar surface area (TPSA) is 75.3 Å². The summed E-state index contributed by atoms with van der Waals surface area (Å²) in [7, 11) is 0. The van der Waals surface area contributed by atoms with Gasteiger partial charge in [0, 0.05) is 18.5 Å². The highest BCUT2D eigenvalue weighted by Crippen LogP contribution is 2.24. The Morgan fingerprint density at radius 3 is 2.29 bits per heavy atom. The van der Waals surface area contributed by atoms with Crippen LogP contribution in [0.4, 0.5) is 0 Å². The van der Waals surface area contributed by atoms with Crippen LogP contribution in [0.3, 0.4) is 0 Å². The molecule has 0 aliphatic carbocycles. The van der Waals surface area contributed by atoms with Crippen molar-refractivity contribution in [3.05, 3.63) is 35.4 Å². The van der Waals surface area contributed by atoms with Crippen molar-refractivity contribution in [2.75, 3.05) is 6.54 Å². The van der Waals surface area contributed by atoms with Crippen LogP contribution in [-0.4, -0.2) is 29.7 Å². The third-order valence-electron chi connectivity index (χ3n) is 5.45. The first kappa shape index (κ1) is 24.6. The van der Waals surface area contributed by atoms with Gasteiger partial charge in [0.1, 0.15) is 0 Å². The molecule has 4 nitrogen and oxygen atoms in total. The SMILES string of the molecule is CCCCNC(=O)C(C)C[C@H](O)[C@@H](N)C[C@@H](C)Cc1ccc(C(C)(C)C)cc1. The number of carbonyl (C=O) groups is 1. The summed E-state index contributed by atoms with van der Waals surface area (Å²) in [6.07, 6.45) is 3.47. The molecule has 0 aliphatic heterocycles. The molecule has 4 heteroatoms. The predicted octanol–water partition coefficient (Wildman–Crippen LogP) is 4.18. The zero-order chi connectivity index (χ0) is 21.3. The van der Waals surface area contributed by atoms with E-state index < -0.39 is 6.10 Å². The van der Waals surface area contributed by atoms with Crippen LogP contribution in [0.25, 0.3) is 0 Å². The van der Waals surface area contributed by atoms with Crippen molar-refractivity contribution in [3.8, 4) is 0 Å². The Hall–Kier alpha value is -1.39. The molecule has 1 amide bonds. The van der Waals surface area contributed by atoms with Crippen molar-refractivity contribution < 1.29 is 9.90 Å². The number of benzene rings is 1. The second-order valence-electron chi connectivity index (χ2n) is 9.50. The average molecular weight is 391 g/mol. The molecule has 4 atom stereocenters. The van der Waals surface area contributed by atoms with Gasteiger partial charge in [0.05, 0.1) is 6.10 Å². The molecular weight excluding hydrogens is 348 g/mol. The van der Waals surface area contributed by atoms with Crippen LogP contribution < -0.4 is 11.1 Å². The van der Waals surface area contributed by atoms with Gasteiger partial charge in [-0.15, -0.1) is 0 Å². The van der Waals surface area contributed by atoms with Crippen molar-refractivity contribution >= 4 is 5.91 Å². The minimum absolute atomic E-state index is 0.00619. The standard InChI is InChI=1S/C24H42N2O2/c1-7-8-13-26-23(28)18(3)16-22(27)21(25)15-17(2)14-19-9-11-20(12-10-19)24(4,5)6/h9-12,17-18,21-22,27H,7-8,13-16,25H2,1-6H3,(H,26,28)/t17-,18?,21-,22-/m0/s1. The summed E-state index contributed by atoms with van der Waals surface area (Å²) < 4.78 is 0. The van der Waals surface area contributed by atoms with E-state index in [1.807, 2.05) is 6.92 Å². The van der Waals surface area contributed by atoms with Crippen LogP contribution in [0, 0.1) is 11.8 Å². The molecular formula is C24H42N2O2. The molecule has 4 N–H and O–H groups in total. The minimum atomic E-state index is -0.655. The number of amides is 1. The molecule has 0 heterocycles. The fourth-order valence-electron chi connectivity index (χ4n) is 3.45. The fourth-order valence-corrected chi connectivity index (χ4v) is 3.45. The average Bonchev–Trinajstić information content (AvgIpc) is 2.61. The number of carbonyl (C=O) groups excluding carboxylic acids is 1. The van der Waals surface area contributed by atoms with Gasteiger partial charge in [0.25, 0.3) is 0 Å². The lowest BCUT2D eigenvalue weighted by molar-refractivity contribution is -0.125. The summed E-state index contributed by atoms with van der Waals surface area (Å²) in [4.78, 5) is 12.1. The Kier molecular flexibility index (Phi) is 10.2. The number of rotatable bonds is 11. The largest absolute Gasteiger partial charge is 0.391 e. The van der Waals surface area contributed by atoms with E-state index in [1.165, 1.54) is 11.1 Å². The molecule has 0 aromatic heterocycles. The van der Waals surface area contributed by atoms with Gasteiger partial charge >= 0.3 is 0 Å². The molecule has 0 spiro atoms. The van der Waals surface area contributed by atoms with E-state index in [9.17, 15) is 9.90 Å². The Balaban J connectivity index is 2.46. The molecule has 1 aromatic rings. The second-order valence-corrected chi connectivity index (χ2v) is 9.50. The smallest absolute Gasteiger partial charge is 0.222 e. The lowest BCUT2D eigenvalue weighted by atomic mass is 9.85. The maximum atomic E-state index is 12.1. The Labute approximate surface area is 172 Å². The van der Waals surface area contributed by atoms with Crippen molar-refractivity contribution in [1.29, 1.82) is 0 Å². The predicted molar refractivity (Wildman–Crippen MR) is 118 cm³/mol. The van der Waals surface area contributed by atoms with E-state index in [-0.39, 0.29) is 23.3 Å². The van der Waals surface area contributed by atoms with Gasteiger partial charge in [-0.2, -0.15) is 0 Å². The number of unbranched alkanes of at least 4 members (excludes halogenated alkanes) is 1. The second kappa shape index (κ2) is 11.6. The molecule has 0 radical (unpaired) electrons. The highest BCUT2D eigenvalue weighted by molar-refractivity contribution is 5.78. The van der Waals surface area contributed by atoms with Crippen molar-refractivity contribution in [3.63, 3.8) is 0 Å². The maximum Gasteiger partial charge on any atom is 0.222 e. The van der Waals surface area contributed by atoms with Crippen LogP contribution in [0.1, 0.15) is 78.4 Å². The third kappa shape index (κ3) is 8.74. The maximum absolute atomic E-state index is 12.1. The number of hydrogen-bond acceptors (Lipinski definition) is 3. The molecule has 0 saturated heterocycles. The lowest BCUT2D eigenvalue weighted by Crippen LogP contribution is -2.40. The molecule has 1 rings (SSSR count). The summed E-state index contributed by atoms with van der Waals surface area (Å²) in [6, 6.07) is 8.49. The summed E-state index contributed by atoms with van der Waals surface area (Å²) in [5.41, 5.74) is 9.04. The number of aliphatic hydroxyl groups is 1. The number of nitrogens with two attached hydrogens (primary N) is 1. The molecule has 0 aliphatic rings.